The molecule has 0 spiro atoms. The van der Waals surface area contributed by atoms with E-state index in [2.05, 4.69) is 10.6 Å². The molecule has 1 aliphatic carbocycles. The number of carbonyl (C=O) groups excluding carboxylic acids is 1. The Morgan fingerprint density at radius 1 is 1.13 bits per heavy atom. The summed E-state index contributed by atoms with van der Waals surface area (Å²) in [6.45, 7) is 0. The second kappa shape index (κ2) is 6.30. The summed E-state index contributed by atoms with van der Waals surface area (Å²) >= 11 is 12.0. The molecule has 0 bridgehead atoms. The highest BCUT2D eigenvalue weighted by molar-refractivity contribution is 6.43. The van der Waals surface area contributed by atoms with Crippen LogP contribution in [0.2, 0.25) is 10.0 Å². The van der Waals surface area contributed by atoms with Crippen LogP contribution in [0.5, 0.6) is 5.75 Å². The highest BCUT2D eigenvalue weighted by Crippen LogP contribution is 2.46. The van der Waals surface area contributed by atoms with Gasteiger partial charge < -0.3 is 15.4 Å². The summed E-state index contributed by atoms with van der Waals surface area (Å²) in [5.74, 6) is 0.791. The number of ether oxygens (including phenoxy) is 1. The minimum absolute atomic E-state index is 0.303. The summed E-state index contributed by atoms with van der Waals surface area (Å²) in [6.07, 6.45) is 1.80. The van der Waals surface area contributed by atoms with E-state index in [-0.39, 0.29) is 11.6 Å². The van der Waals surface area contributed by atoms with Crippen LogP contribution >= 0.6 is 23.2 Å². The number of hydrogen-bond acceptors (Lipinski definition) is 2. The molecule has 0 radical (unpaired) electrons. The molecule has 6 heteroatoms. The second-order valence-electron chi connectivity index (χ2n) is 5.49. The Bertz CT molecular complexity index is 728. The van der Waals surface area contributed by atoms with Crippen LogP contribution in [0.1, 0.15) is 18.4 Å². The van der Waals surface area contributed by atoms with Crippen LogP contribution in [-0.2, 0) is 5.54 Å². The van der Waals surface area contributed by atoms with Gasteiger partial charge in [-0.2, -0.15) is 0 Å². The largest absolute Gasteiger partial charge is 0.497 e. The van der Waals surface area contributed by atoms with Crippen LogP contribution in [0.3, 0.4) is 0 Å². The van der Waals surface area contributed by atoms with Gasteiger partial charge in [0.1, 0.15) is 5.75 Å². The fraction of sp³-hybridized carbons (Fsp3) is 0.235. The molecular weight excluding hydrogens is 335 g/mol. The molecule has 2 amide bonds. The molecule has 2 N–H and O–H groups in total. The van der Waals surface area contributed by atoms with Crippen molar-refractivity contribution < 1.29 is 9.53 Å². The maximum Gasteiger partial charge on any atom is 0.319 e. The van der Waals surface area contributed by atoms with Crippen molar-refractivity contribution in [3.05, 3.63) is 58.1 Å². The monoisotopic (exact) mass is 350 g/mol. The minimum atomic E-state index is -0.318. The van der Waals surface area contributed by atoms with Crippen molar-refractivity contribution in [2.75, 3.05) is 12.4 Å². The van der Waals surface area contributed by atoms with E-state index in [0.29, 0.717) is 15.7 Å². The molecule has 0 unspecified atom stereocenters. The van der Waals surface area contributed by atoms with Crippen LogP contribution in [0.4, 0.5) is 10.5 Å². The van der Waals surface area contributed by atoms with Gasteiger partial charge in [-0.05, 0) is 42.7 Å². The topological polar surface area (TPSA) is 50.4 Å². The number of benzene rings is 2. The number of amides is 2. The number of rotatable bonds is 4. The molecule has 0 aromatic heterocycles. The molecule has 0 saturated heterocycles. The van der Waals surface area contributed by atoms with Crippen molar-refractivity contribution in [3.63, 3.8) is 0 Å². The van der Waals surface area contributed by atoms with Crippen LogP contribution in [0, 0.1) is 0 Å². The molecule has 3 rings (SSSR count). The third-order valence-corrected chi connectivity index (χ3v) is 4.76. The lowest BCUT2D eigenvalue weighted by Gasteiger charge is -2.19. The van der Waals surface area contributed by atoms with Crippen molar-refractivity contribution in [1.82, 2.24) is 5.32 Å². The number of carbonyl (C=O) groups is 1. The van der Waals surface area contributed by atoms with Crippen molar-refractivity contribution in [2.24, 2.45) is 0 Å². The Balaban J connectivity index is 1.70. The average Bonchev–Trinajstić information content (AvgIpc) is 3.32. The Labute approximate surface area is 144 Å². The van der Waals surface area contributed by atoms with Gasteiger partial charge >= 0.3 is 6.03 Å². The number of nitrogens with one attached hydrogen (secondary N) is 2. The van der Waals surface area contributed by atoms with Crippen molar-refractivity contribution in [1.29, 1.82) is 0 Å². The highest BCUT2D eigenvalue weighted by atomic mass is 35.5. The van der Waals surface area contributed by atoms with Crippen LogP contribution in [0.15, 0.2) is 42.5 Å². The average molecular weight is 351 g/mol. The van der Waals surface area contributed by atoms with E-state index >= 15 is 0 Å². The van der Waals surface area contributed by atoms with Crippen LogP contribution in [0.25, 0.3) is 0 Å². The van der Waals surface area contributed by atoms with Gasteiger partial charge in [-0.1, -0.05) is 41.4 Å². The van der Waals surface area contributed by atoms with Crippen molar-refractivity contribution in [2.45, 2.75) is 18.4 Å². The van der Waals surface area contributed by atoms with Gasteiger partial charge in [-0.3, -0.25) is 0 Å². The lowest BCUT2D eigenvalue weighted by atomic mass is 10.1. The van der Waals surface area contributed by atoms with Gasteiger partial charge in [0.05, 0.1) is 28.4 Å². The van der Waals surface area contributed by atoms with Gasteiger partial charge in [0, 0.05) is 0 Å². The Kier molecular flexibility index (Phi) is 4.37. The molecule has 4 nitrogen and oxygen atoms in total. The van der Waals surface area contributed by atoms with E-state index in [1.54, 1.807) is 25.3 Å². The molecule has 23 heavy (non-hydrogen) atoms. The molecule has 1 aliphatic rings. The van der Waals surface area contributed by atoms with E-state index in [1.807, 2.05) is 24.3 Å². The van der Waals surface area contributed by atoms with Crippen LogP contribution < -0.4 is 15.4 Å². The normalized spacial score (nSPS) is 14.9. The van der Waals surface area contributed by atoms with E-state index in [0.717, 1.165) is 24.2 Å². The molecule has 0 aliphatic heterocycles. The molecule has 2 aromatic rings. The molecule has 120 valence electrons. The fourth-order valence-electron chi connectivity index (χ4n) is 2.49. The smallest absolute Gasteiger partial charge is 0.319 e. The summed E-state index contributed by atoms with van der Waals surface area (Å²) in [7, 11) is 1.63. The molecule has 1 saturated carbocycles. The zero-order chi connectivity index (χ0) is 16.4. The van der Waals surface area contributed by atoms with E-state index in [1.165, 1.54) is 0 Å². The molecule has 2 aromatic carbocycles. The summed E-state index contributed by atoms with van der Waals surface area (Å²) in [4.78, 5) is 12.3. The second-order valence-corrected chi connectivity index (χ2v) is 6.28. The number of urea groups is 1. The van der Waals surface area contributed by atoms with Crippen molar-refractivity contribution >= 4 is 34.9 Å². The van der Waals surface area contributed by atoms with Crippen LogP contribution in [-0.4, -0.2) is 13.1 Å². The lowest BCUT2D eigenvalue weighted by Crippen LogP contribution is -2.38. The van der Waals surface area contributed by atoms with Gasteiger partial charge in [0.15, 0.2) is 0 Å². The number of halogens is 2. The zero-order valence-electron chi connectivity index (χ0n) is 12.5. The predicted octanol–water partition coefficient (Wildman–Crippen LogP) is 4.81. The minimum Gasteiger partial charge on any atom is -0.497 e. The van der Waals surface area contributed by atoms with Gasteiger partial charge in [-0.15, -0.1) is 0 Å². The third kappa shape index (κ3) is 3.38. The summed E-state index contributed by atoms with van der Waals surface area (Å²) in [5, 5.41) is 6.51. The number of hydrogen-bond donors (Lipinski definition) is 2. The maximum atomic E-state index is 12.3. The highest BCUT2D eigenvalue weighted by Gasteiger charge is 2.45. The Hall–Kier alpha value is -1.91. The molecule has 0 atom stereocenters. The first kappa shape index (κ1) is 16.0. The first-order valence-corrected chi connectivity index (χ1v) is 7.97. The first-order valence-electron chi connectivity index (χ1n) is 7.22. The maximum absolute atomic E-state index is 12.3. The van der Waals surface area contributed by atoms with E-state index in [4.69, 9.17) is 27.9 Å². The molecule has 1 fully saturated rings. The standard InChI is InChI=1S/C17H16Cl2N2O2/c1-23-12-7-5-11(6-8-12)17(9-10-17)21-16(22)20-14-4-2-3-13(18)15(14)19/h2-8H,9-10H2,1H3,(H2,20,21,22). The zero-order valence-corrected chi connectivity index (χ0v) is 14.0. The molecule has 0 heterocycles. The SMILES string of the molecule is COc1ccc(C2(NC(=O)Nc3cccc(Cl)c3Cl)CC2)cc1. The first-order chi connectivity index (χ1) is 11.0. The summed E-state index contributed by atoms with van der Waals surface area (Å²) in [5.41, 5.74) is 1.23. The summed E-state index contributed by atoms with van der Waals surface area (Å²) in [6, 6.07) is 12.5. The van der Waals surface area contributed by atoms with Gasteiger partial charge in [0.25, 0.3) is 0 Å². The number of methoxy groups -OCH3 is 1. The number of anilines is 1. The third-order valence-electron chi connectivity index (χ3n) is 3.95. The van der Waals surface area contributed by atoms with Crippen molar-refractivity contribution in [3.8, 4) is 5.75 Å². The van der Waals surface area contributed by atoms with Gasteiger partial charge in [-0.25, -0.2) is 4.79 Å². The van der Waals surface area contributed by atoms with E-state index < -0.39 is 0 Å². The van der Waals surface area contributed by atoms with Gasteiger partial charge in [0.2, 0.25) is 0 Å². The quantitative estimate of drug-likeness (QED) is 0.830. The van der Waals surface area contributed by atoms with E-state index in [9.17, 15) is 4.79 Å². The lowest BCUT2D eigenvalue weighted by molar-refractivity contribution is 0.247. The Morgan fingerprint density at radius 2 is 1.83 bits per heavy atom. The summed E-state index contributed by atoms with van der Waals surface area (Å²) < 4.78 is 5.16. The predicted molar refractivity (Wildman–Crippen MR) is 92.5 cm³/mol. The molecular formula is C17H16Cl2N2O2. The fourth-order valence-corrected chi connectivity index (χ4v) is 2.84. The Morgan fingerprint density at radius 3 is 2.43 bits per heavy atom.